The number of pyridine rings is 1. The topological polar surface area (TPSA) is 74.7 Å². The quantitative estimate of drug-likeness (QED) is 0.855. The number of anilines is 1. The van der Waals surface area contributed by atoms with Crippen LogP contribution in [-0.2, 0) is 9.53 Å². The Kier molecular flexibility index (Phi) is 4.94. The Balaban J connectivity index is 1.42. The van der Waals surface area contributed by atoms with Crippen LogP contribution in [0.15, 0.2) is 24.5 Å². The molecule has 23 heavy (non-hydrogen) atoms. The summed E-state index contributed by atoms with van der Waals surface area (Å²) in [6.45, 7) is 2.57. The van der Waals surface area contributed by atoms with Gasteiger partial charge in [-0.2, -0.15) is 0 Å². The molecule has 6 nitrogen and oxygen atoms in total. The number of aliphatic hydroxyl groups is 1. The molecule has 1 aliphatic carbocycles. The Hall–Kier alpha value is -1.50. The minimum atomic E-state index is -0.233. The van der Waals surface area contributed by atoms with Crippen LogP contribution in [0.1, 0.15) is 25.7 Å². The molecule has 1 aromatic heterocycles. The van der Waals surface area contributed by atoms with Gasteiger partial charge in [-0.15, -0.1) is 0 Å². The molecule has 0 aromatic carbocycles. The SMILES string of the molecule is CO[C@H]1C[C@@H](O)C12CCN(CCC(=O)Nc1cccnc1)CC2. The first-order valence-electron chi connectivity index (χ1n) is 8.27. The molecule has 2 heterocycles. The molecule has 0 bridgehead atoms. The van der Waals surface area contributed by atoms with Crippen molar-refractivity contribution < 1.29 is 14.6 Å². The molecule has 0 unspecified atom stereocenters. The number of carbonyl (C=O) groups excluding carboxylic acids is 1. The van der Waals surface area contributed by atoms with Crippen LogP contribution in [-0.4, -0.2) is 59.8 Å². The third-order valence-corrected chi connectivity index (χ3v) is 5.41. The molecule has 2 atom stereocenters. The molecule has 2 fully saturated rings. The third-order valence-electron chi connectivity index (χ3n) is 5.41. The van der Waals surface area contributed by atoms with Gasteiger partial charge in [-0.1, -0.05) is 0 Å². The van der Waals surface area contributed by atoms with Crippen LogP contribution in [0.2, 0.25) is 0 Å². The van der Waals surface area contributed by atoms with Gasteiger partial charge in [0.05, 0.1) is 24.1 Å². The predicted molar refractivity (Wildman–Crippen MR) is 87.0 cm³/mol. The van der Waals surface area contributed by atoms with Gasteiger partial charge in [0.15, 0.2) is 0 Å². The maximum absolute atomic E-state index is 12.0. The van der Waals surface area contributed by atoms with Gasteiger partial charge < -0.3 is 20.1 Å². The summed E-state index contributed by atoms with van der Waals surface area (Å²) in [5.74, 6) is 0.0109. The normalized spacial score (nSPS) is 26.7. The fraction of sp³-hybridized carbons (Fsp3) is 0.647. The van der Waals surface area contributed by atoms with Crippen molar-refractivity contribution in [1.82, 2.24) is 9.88 Å². The lowest BCUT2D eigenvalue weighted by Crippen LogP contribution is -2.62. The maximum Gasteiger partial charge on any atom is 0.225 e. The number of piperidine rings is 1. The van der Waals surface area contributed by atoms with E-state index in [1.807, 2.05) is 6.07 Å². The third kappa shape index (κ3) is 3.39. The number of nitrogens with zero attached hydrogens (tertiary/aromatic N) is 2. The first kappa shape index (κ1) is 16.4. The second kappa shape index (κ2) is 6.95. The Bertz CT molecular complexity index is 529. The molecule has 6 heteroatoms. The molecule has 2 N–H and O–H groups in total. The molecule has 1 saturated carbocycles. The van der Waals surface area contributed by atoms with Crippen molar-refractivity contribution in [2.45, 2.75) is 37.9 Å². The summed E-state index contributed by atoms with van der Waals surface area (Å²) in [6.07, 6.45) is 6.39. The van der Waals surface area contributed by atoms with E-state index in [0.29, 0.717) is 6.42 Å². The zero-order chi connectivity index (χ0) is 16.3. The lowest BCUT2D eigenvalue weighted by atomic mass is 9.58. The molecule has 2 aliphatic rings. The number of hydrogen-bond donors (Lipinski definition) is 2. The second-order valence-corrected chi connectivity index (χ2v) is 6.59. The van der Waals surface area contributed by atoms with E-state index in [1.54, 1.807) is 25.6 Å². The van der Waals surface area contributed by atoms with Gasteiger partial charge >= 0.3 is 0 Å². The highest BCUT2D eigenvalue weighted by Crippen LogP contribution is 2.50. The summed E-state index contributed by atoms with van der Waals surface area (Å²) < 4.78 is 5.50. The van der Waals surface area contributed by atoms with Crippen molar-refractivity contribution in [2.24, 2.45) is 5.41 Å². The van der Waals surface area contributed by atoms with E-state index in [1.165, 1.54) is 0 Å². The average Bonchev–Trinajstić information content (AvgIpc) is 2.59. The Morgan fingerprint density at radius 2 is 2.30 bits per heavy atom. The van der Waals surface area contributed by atoms with Crippen LogP contribution in [0.3, 0.4) is 0 Å². The molecule has 126 valence electrons. The van der Waals surface area contributed by atoms with Gasteiger partial charge in [-0.05, 0) is 38.1 Å². The number of likely N-dealkylation sites (tertiary alicyclic amines) is 1. The molecular formula is C17H25N3O3. The highest BCUT2D eigenvalue weighted by atomic mass is 16.5. The van der Waals surface area contributed by atoms with Crippen LogP contribution in [0.5, 0.6) is 0 Å². The maximum atomic E-state index is 12.0. The van der Waals surface area contributed by atoms with Crippen molar-refractivity contribution in [2.75, 3.05) is 32.1 Å². The fourth-order valence-electron chi connectivity index (χ4n) is 3.83. The van der Waals surface area contributed by atoms with Crippen molar-refractivity contribution >= 4 is 11.6 Å². The van der Waals surface area contributed by atoms with Gasteiger partial charge in [0.1, 0.15) is 0 Å². The van der Waals surface area contributed by atoms with Gasteiger partial charge in [0.25, 0.3) is 0 Å². The van der Waals surface area contributed by atoms with Crippen LogP contribution >= 0.6 is 0 Å². The van der Waals surface area contributed by atoms with Gasteiger partial charge in [-0.3, -0.25) is 9.78 Å². The van der Waals surface area contributed by atoms with Crippen molar-refractivity contribution in [3.8, 4) is 0 Å². The number of aromatic nitrogens is 1. The minimum Gasteiger partial charge on any atom is -0.392 e. The largest absolute Gasteiger partial charge is 0.392 e. The van der Waals surface area contributed by atoms with E-state index in [-0.39, 0.29) is 23.5 Å². The summed E-state index contributed by atoms with van der Waals surface area (Å²) in [5.41, 5.74) is 0.680. The molecule has 3 rings (SSSR count). The highest BCUT2D eigenvalue weighted by molar-refractivity contribution is 5.90. The number of rotatable bonds is 5. The summed E-state index contributed by atoms with van der Waals surface area (Å²) >= 11 is 0. The molecule has 1 aromatic rings. The first-order chi connectivity index (χ1) is 11.1. The van der Waals surface area contributed by atoms with E-state index >= 15 is 0 Å². The highest BCUT2D eigenvalue weighted by Gasteiger charge is 2.55. The zero-order valence-electron chi connectivity index (χ0n) is 13.6. The molecule has 1 saturated heterocycles. The van der Waals surface area contributed by atoms with Crippen LogP contribution in [0.25, 0.3) is 0 Å². The van der Waals surface area contributed by atoms with E-state index in [9.17, 15) is 9.90 Å². The Morgan fingerprint density at radius 3 is 2.91 bits per heavy atom. The van der Waals surface area contributed by atoms with E-state index in [2.05, 4.69) is 15.2 Å². The molecule has 1 spiro atoms. The summed E-state index contributed by atoms with van der Waals surface area (Å²) in [4.78, 5) is 18.3. The monoisotopic (exact) mass is 319 g/mol. The number of hydrogen-bond acceptors (Lipinski definition) is 5. The Labute approximate surface area is 136 Å². The average molecular weight is 319 g/mol. The number of carbonyl (C=O) groups is 1. The number of ether oxygens (including phenoxy) is 1. The fourth-order valence-corrected chi connectivity index (χ4v) is 3.83. The van der Waals surface area contributed by atoms with Crippen molar-refractivity contribution in [3.05, 3.63) is 24.5 Å². The van der Waals surface area contributed by atoms with Crippen LogP contribution < -0.4 is 5.32 Å². The van der Waals surface area contributed by atoms with Crippen LogP contribution in [0, 0.1) is 5.41 Å². The Morgan fingerprint density at radius 1 is 1.52 bits per heavy atom. The second-order valence-electron chi connectivity index (χ2n) is 6.59. The molecule has 0 radical (unpaired) electrons. The van der Waals surface area contributed by atoms with E-state index in [0.717, 1.165) is 44.6 Å². The van der Waals surface area contributed by atoms with Gasteiger partial charge in [0, 0.05) is 38.1 Å². The predicted octanol–water partition coefficient (Wildman–Crippen LogP) is 1.27. The number of aliphatic hydroxyl groups excluding tert-OH is 1. The summed E-state index contributed by atoms with van der Waals surface area (Å²) in [5, 5.41) is 13.0. The number of methoxy groups -OCH3 is 1. The lowest BCUT2D eigenvalue weighted by Gasteiger charge is -2.56. The molecule has 1 aliphatic heterocycles. The van der Waals surface area contributed by atoms with Gasteiger partial charge in [-0.25, -0.2) is 0 Å². The number of nitrogens with one attached hydrogen (secondary N) is 1. The van der Waals surface area contributed by atoms with E-state index in [4.69, 9.17) is 4.74 Å². The van der Waals surface area contributed by atoms with Crippen molar-refractivity contribution in [3.63, 3.8) is 0 Å². The minimum absolute atomic E-state index is 0.0109. The van der Waals surface area contributed by atoms with Gasteiger partial charge in [0.2, 0.25) is 5.91 Å². The van der Waals surface area contributed by atoms with Crippen LogP contribution in [0.4, 0.5) is 5.69 Å². The summed E-state index contributed by atoms with van der Waals surface area (Å²) in [6, 6.07) is 3.63. The standard InChI is InChI=1S/C17H25N3O3/c1-23-15-11-14(21)17(15)5-9-20(10-6-17)8-4-16(22)19-13-3-2-7-18-12-13/h2-3,7,12,14-15,21H,4-6,8-11H2,1H3,(H,19,22)/t14-,15+/m1/s1. The number of amides is 1. The summed E-state index contributed by atoms with van der Waals surface area (Å²) in [7, 11) is 1.73. The van der Waals surface area contributed by atoms with Crippen molar-refractivity contribution in [1.29, 1.82) is 0 Å². The lowest BCUT2D eigenvalue weighted by molar-refractivity contribution is -0.201. The smallest absolute Gasteiger partial charge is 0.225 e. The molecule has 1 amide bonds. The molecular weight excluding hydrogens is 294 g/mol. The van der Waals surface area contributed by atoms with E-state index < -0.39 is 0 Å². The zero-order valence-corrected chi connectivity index (χ0v) is 13.6. The first-order valence-corrected chi connectivity index (χ1v) is 8.27.